The predicted molar refractivity (Wildman–Crippen MR) is 82.2 cm³/mol. The summed E-state index contributed by atoms with van der Waals surface area (Å²) in [6.07, 6.45) is 0. The molecule has 0 saturated heterocycles. The van der Waals surface area contributed by atoms with Crippen molar-refractivity contribution in [3.05, 3.63) is 44.9 Å². The van der Waals surface area contributed by atoms with E-state index in [1.54, 1.807) is 17.5 Å². The number of carbonyl (C=O) groups is 2. The Balaban J connectivity index is 1.92. The lowest BCUT2D eigenvalue weighted by Crippen LogP contribution is -2.21. The number of halogens is 2. The Hall–Kier alpha value is -1.63. The number of esters is 1. The van der Waals surface area contributed by atoms with Crippen molar-refractivity contribution in [3.8, 4) is 0 Å². The quantitative estimate of drug-likeness (QED) is 0.861. The molecule has 21 heavy (non-hydrogen) atoms. The fraction of sp³-hybridized carbons (Fsp3) is 0.154. The van der Waals surface area contributed by atoms with Gasteiger partial charge in [-0.1, -0.05) is 29.3 Å². The molecule has 0 unspecified atom stereocenters. The van der Waals surface area contributed by atoms with Crippen LogP contribution < -0.4 is 5.32 Å². The van der Waals surface area contributed by atoms with Crippen molar-refractivity contribution in [1.82, 2.24) is 4.98 Å². The summed E-state index contributed by atoms with van der Waals surface area (Å²) in [7, 11) is 0. The normalized spacial score (nSPS) is 10.2. The molecule has 0 radical (unpaired) electrons. The second-order valence-electron chi connectivity index (χ2n) is 4.02. The Morgan fingerprint density at radius 2 is 2.14 bits per heavy atom. The molecule has 0 fully saturated rings. The molecule has 1 N–H and O–H groups in total. The summed E-state index contributed by atoms with van der Waals surface area (Å²) in [5.74, 6) is -1.19. The molecular formula is C13H10Cl2N2O3S. The third-order valence-electron chi connectivity index (χ3n) is 2.37. The minimum absolute atomic E-state index is 0.0973. The topological polar surface area (TPSA) is 68.3 Å². The van der Waals surface area contributed by atoms with Gasteiger partial charge in [-0.15, -0.1) is 11.3 Å². The first-order valence-electron chi connectivity index (χ1n) is 5.80. The smallest absolute Gasteiger partial charge is 0.340 e. The van der Waals surface area contributed by atoms with Gasteiger partial charge in [0, 0.05) is 5.38 Å². The number of aromatic nitrogens is 1. The molecule has 0 aliphatic carbocycles. The number of hydrogen-bond donors (Lipinski definition) is 1. The van der Waals surface area contributed by atoms with Crippen molar-refractivity contribution < 1.29 is 14.3 Å². The zero-order valence-electron chi connectivity index (χ0n) is 10.9. The largest absolute Gasteiger partial charge is 0.452 e. The van der Waals surface area contributed by atoms with Gasteiger partial charge in [-0.2, -0.15) is 0 Å². The van der Waals surface area contributed by atoms with Crippen LogP contribution in [-0.4, -0.2) is 23.5 Å². The van der Waals surface area contributed by atoms with Crippen molar-refractivity contribution in [2.24, 2.45) is 0 Å². The number of rotatable bonds is 4. The summed E-state index contributed by atoms with van der Waals surface area (Å²) >= 11 is 13.0. The Morgan fingerprint density at radius 1 is 1.38 bits per heavy atom. The first kappa shape index (κ1) is 15.8. The summed E-state index contributed by atoms with van der Waals surface area (Å²) in [4.78, 5) is 27.5. The number of carbonyl (C=O) groups excluding carboxylic acids is 2. The number of anilines is 1. The first-order chi connectivity index (χ1) is 9.97. The first-order valence-corrected chi connectivity index (χ1v) is 7.44. The van der Waals surface area contributed by atoms with Gasteiger partial charge in [0.2, 0.25) is 0 Å². The minimum Gasteiger partial charge on any atom is -0.452 e. The van der Waals surface area contributed by atoms with E-state index in [1.165, 1.54) is 17.4 Å². The molecule has 2 aromatic rings. The van der Waals surface area contributed by atoms with Crippen molar-refractivity contribution in [1.29, 1.82) is 0 Å². The highest BCUT2D eigenvalue weighted by Crippen LogP contribution is 2.26. The van der Waals surface area contributed by atoms with Crippen molar-refractivity contribution in [3.63, 3.8) is 0 Å². The van der Waals surface area contributed by atoms with Gasteiger partial charge in [0.1, 0.15) is 0 Å². The van der Waals surface area contributed by atoms with E-state index >= 15 is 0 Å². The van der Waals surface area contributed by atoms with Crippen LogP contribution in [0.25, 0.3) is 0 Å². The summed E-state index contributed by atoms with van der Waals surface area (Å²) in [6.45, 7) is 1.38. The van der Waals surface area contributed by atoms with Crippen LogP contribution in [0.5, 0.6) is 0 Å². The molecule has 1 aromatic heterocycles. The average molecular weight is 345 g/mol. The lowest BCUT2D eigenvalue weighted by atomic mass is 10.2. The summed E-state index contributed by atoms with van der Waals surface area (Å²) in [5.41, 5.74) is 0.917. The number of thiazole rings is 1. The summed E-state index contributed by atoms with van der Waals surface area (Å²) in [6, 6.07) is 4.60. The minimum atomic E-state index is -0.715. The predicted octanol–water partition coefficient (Wildman–Crippen LogP) is 3.55. The molecule has 0 aliphatic heterocycles. The molecule has 110 valence electrons. The maximum absolute atomic E-state index is 11.8. The number of amides is 1. The van der Waals surface area contributed by atoms with Gasteiger partial charge >= 0.3 is 5.97 Å². The van der Waals surface area contributed by atoms with Gasteiger partial charge in [-0.3, -0.25) is 10.1 Å². The molecule has 1 amide bonds. The average Bonchev–Trinajstić information content (AvgIpc) is 2.84. The van der Waals surface area contributed by atoms with Crippen LogP contribution in [0.2, 0.25) is 10.0 Å². The van der Waals surface area contributed by atoms with Gasteiger partial charge in [0.05, 0.1) is 21.3 Å². The SMILES string of the molecule is Cc1csc(NC(=O)COC(=O)c2cccc(Cl)c2Cl)n1. The van der Waals surface area contributed by atoms with Crippen LogP contribution in [0.3, 0.4) is 0 Å². The van der Waals surface area contributed by atoms with Crippen LogP contribution in [0.4, 0.5) is 5.13 Å². The second-order valence-corrected chi connectivity index (χ2v) is 5.66. The van der Waals surface area contributed by atoms with Gasteiger partial charge in [-0.05, 0) is 19.1 Å². The number of benzene rings is 1. The van der Waals surface area contributed by atoms with Crippen LogP contribution >= 0.6 is 34.5 Å². The van der Waals surface area contributed by atoms with E-state index < -0.39 is 18.5 Å². The van der Waals surface area contributed by atoms with Crippen molar-refractivity contribution in [2.45, 2.75) is 6.92 Å². The van der Waals surface area contributed by atoms with E-state index in [1.807, 2.05) is 6.92 Å². The monoisotopic (exact) mass is 344 g/mol. The van der Waals surface area contributed by atoms with E-state index in [0.29, 0.717) is 5.13 Å². The highest BCUT2D eigenvalue weighted by molar-refractivity contribution is 7.13. The van der Waals surface area contributed by atoms with E-state index in [4.69, 9.17) is 27.9 Å². The molecule has 1 heterocycles. The molecule has 1 aromatic carbocycles. The fourth-order valence-corrected chi connectivity index (χ4v) is 2.52. The second kappa shape index (κ2) is 6.89. The molecule has 0 saturated carbocycles. The summed E-state index contributed by atoms with van der Waals surface area (Å²) < 4.78 is 4.89. The molecule has 2 rings (SSSR count). The number of ether oxygens (including phenoxy) is 1. The Kier molecular flexibility index (Phi) is 5.17. The molecule has 0 bridgehead atoms. The van der Waals surface area contributed by atoms with Crippen LogP contribution in [0, 0.1) is 6.92 Å². The summed E-state index contributed by atoms with van der Waals surface area (Å²) in [5, 5.41) is 5.12. The third kappa shape index (κ3) is 4.17. The Bertz CT molecular complexity index is 688. The standard InChI is InChI=1S/C13H10Cl2N2O3S/c1-7-6-21-13(16-7)17-10(18)5-20-12(19)8-3-2-4-9(14)11(8)15/h2-4,6H,5H2,1H3,(H,16,17,18). The van der Waals surface area contributed by atoms with Crippen LogP contribution in [-0.2, 0) is 9.53 Å². The molecule has 5 nitrogen and oxygen atoms in total. The highest BCUT2D eigenvalue weighted by atomic mass is 35.5. The van der Waals surface area contributed by atoms with Gasteiger partial charge < -0.3 is 4.74 Å². The molecular weight excluding hydrogens is 335 g/mol. The lowest BCUT2D eigenvalue weighted by molar-refractivity contribution is -0.119. The number of aryl methyl sites for hydroxylation is 1. The van der Waals surface area contributed by atoms with Gasteiger partial charge in [-0.25, -0.2) is 9.78 Å². The van der Waals surface area contributed by atoms with E-state index in [0.717, 1.165) is 5.69 Å². The van der Waals surface area contributed by atoms with Crippen LogP contribution in [0.1, 0.15) is 16.1 Å². The van der Waals surface area contributed by atoms with Gasteiger partial charge in [0.15, 0.2) is 11.7 Å². The van der Waals surface area contributed by atoms with Gasteiger partial charge in [0.25, 0.3) is 5.91 Å². The van der Waals surface area contributed by atoms with Crippen LogP contribution in [0.15, 0.2) is 23.6 Å². The maximum Gasteiger partial charge on any atom is 0.340 e. The Labute approximate surface area is 134 Å². The molecule has 0 aliphatic rings. The number of hydrogen-bond acceptors (Lipinski definition) is 5. The number of nitrogens with zero attached hydrogens (tertiary/aromatic N) is 1. The molecule has 8 heteroatoms. The zero-order chi connectivity index (χ0) is 15.4. The lowest BCUT2D eigenvalue weighted by Gasteiger charge is -2.06. The Morgan fingerprint density at radius 3 is 2.81 bits per heavy atom. The van der Waals surface area contributed by atoms with E-state index in [2.05, 4.69) is 10.3 Å². The zero-order valence-corrected chi connectivity index (χ0v) is 13.2. The molecule has 0 spiro atoms. The van der Waals surface area contributed by atoms with E-state index in [9.17, 15) is 9.59 Å². The van der Waals surface area contributed by atoms with Crippen molar-refractivity contribution in [2.75, 3.05) is 11.9 Å². The van der Waals surface area contributed by atoms with E-state index in [-0.39, 0.29) is 15.6 Å². The number of nitrogens with one attached hydrogen (secondary N) is 1. The maximum atomic E-state index is 11.8. The van der Waals surface area contributed by atoms with Crippen molar-refractivity contribution >= 4 is 51.5 Å². The highest BCUT2D eigenvalue weighted by Gasteiger charge is 2.15. The third-order valence-corrected chi connectivity index (χ3v) is 4.07. The molecule has 0 atom stereocenters. The fourth-order valence-electron chi connectivity index (χ4n) is 1.44.